The first kappa shape index (κ1) is 16.9. The van der Waals surface area contributed by atoms with Gasteiger partial charge in [-0.1, -0.05) is 0 Å². The number of nitrogens with zero attached hydrogens (tertiary/aromatic N) is 3. The highest BCUT2D eigenvalue weighted by molar-refractivity contribution is 5.78. The quantitative estimate of drug-likeness (QED) is 0.729. The fourth-order valence-corrected chi connectivity index (χ4v) is 2.22. The molecule has 1 atom stereocenters. The van der Waals surface area contributed by atoms with Crippen LogP contribution in [0.1, 0.15) is 26.2 Å². The zero-order valence-electron chi connectivity index (χ0n) is 13.0. The number of hydrogen-bond donors (Lipinski definition) is 1. The van der Waals surface area contributed by atoms with E-state index in [9.17, 15) is 9.59 Å². The zero-order valence-corrected chi connectivity index (χ0v) is 13.0. The highest BCUT2D eigenvalue weighted by Gasteiger charge is 2.22. The predicted octanol–water partition coefficient (Wildman–Crippen LogP) is -0.264. The molecule has 1 fully saturated rings. The Hall–Kier alpha value is -1.14. The van der Waals surface area contributed by atoms with Crippen molar-refractivity contribution in [1.29, 1.82) is 0 Å². The van der Waals surface area contributed by atoms with Crippen LogP contribution in [0.4, 0.5) is 0 Å². The largest absolute Gasteiger partial charge is 0.348 e. The molecule has 0 saturated carbocycles. The molecule has 116 valence electrons. The summed E-state index contributed by atoms with van der Waals surface area (Å²) >= 11 is 0. The van der Waals surface area contributed by atoms with Crippen LogP contribution in [0.15, 0.2) is 0 Å². The van der Waals surface area contributed by atoms with Crippen LogP contribution in [0.3, 0.4) is 0 Å². The summed E-state index contributed by atoms with van der Waals surface area (Å²) in [7, 11) is 3.53. The molecule has 1 unspecified atom stereocenters. The molecule has 6 heteroatoms. The summed E-state index contributed by atoms with van der Waals surface area (Å²) in [5.41, 5.74) is 5.68. The Morgan fingerprint density at radius 1 is 1.20 bits per heavy atom. The lowest BCUT2D eigenvalue weighted by Crippen LogP contribution is -2.51. The lowest BCUT2D eigenvalue weighted by Gasteiger charge is -2.34. The Balaban J connectivity index is 2.24. The van der Waals surface area contributed by atoms with Gasteiger partial charge >= 0.3 is 0 Å². The molecule has 0 aromatic heterocycles. The van der Waals surface area contributed by atoms with Crippen LogP contribution in [-0.2, 0) is 9.59 Å². The van der Waals surface area contributed by atoms with Crippen LogP contribution >= 0.6 is 0 Å². The monoisotopic (exact) mass is 284 g/mol. The second-order valence-electron chi connectivity index (χ2n) is 5.81. The van der Waals surface area contributed by atoms with Gasteiger partial charge in [-0.25, -0.2) is 0 Å². The Labute approximate surface area is 121 Å². The molecule has 1 heterocycles. The minimum Gasteiger partial charge on any atom is -0.348 e. The Kier molecular flexibility index (Phi) is 6.95. The number of carbonyl (C=O) groups is 2. The smallest absolute Gasteiger partial charge is 0.236 e. The number of carbonyl (C=O) groups excluding carboxylic acids is 2. The number of likely N-dealkylation sites (N-methyl/N-ethyl adjacent to an activating group) is 1. The van der Waals surface area contributed by atoms with Crippen molar-refractivity contribution in [3.05, 3.63) is 0 Å². The van der Waals surface area contributed by atoms with Gasteiger partial charge in [0.25, 0.3) is 0 Å². The molecule has 2 N–H and O–H groups in total. The molecule has 0 aromatic rings. The maximum Gasteiger partial charge on any atom is 0.236 e. The predicted molar refractivity (Wildman–Crippen MR) is 79.2 cm³/mol. The van der Waals surface area contributed by atoms with Crippen LogP contribution in [0.5, 0.6) is 0 Å². The van der Waals surface area contributed by atoms with Gasteiger partial charge in [0, 0.05) is 52.7 Å². The third kappa shape index (κ3) is 5.88. The fraction of sp³-hybridized carbons (Fsp3) is 0.857. The highest BCUT2D eigenvalue weighted by atomic mass is 16.2. The average molecular weight is 284 g/mol. The van der Waals surface area contributed by atoms with Gasteiger partial charge in [-0.15, -0.1) is 0 Å². The molecular weight excluding hydrogens is 256 g/mol. The molecule has 0 aromatic carbocycles. The average Bonchev–Trinajstić information content (AvgIpc) is 2.38. The normalized spacial score (nSPS) is 17.9. The number of rotatable bonds is 6. The van der Waals surface area contributed by atoms with Crippen LogP contribution in [-0.4, -0.2) is 79.4 Å². The molecule has 0 radical (unpaired) electrons. The second-order valence-corrected chi connectivity index (χ2v) is 5.81. The molecule has 6 nitrogen and oxygen atoms in total. The lowest BCUT2D eigenvalue weighted by molar-refractivity contribution is -0.134. The highest BCUT2D eigenvalue weighted by Crippen LogP contribution is 2.07. The van der Waals surface area contributed by atoms with Crippen molar-refractivity contribution in [3.63, 3.8) is 0 Å². The van der Waals surface area contributed by atoms with E-state index in [2.05, 4.69) is 4.90 Å². The number of amides is 2. The summed E-state index contributed by atoms with van der Waals surface area (Å²) in [6, 6.07) is 0.164. The van der Waals surface area contributed by atoms with Gasteiger partial charge in [0.15, 0.2) is 0 Å². The van der Waals surface area contributed by atoms with E-state index in [1.807, 2.05) is 11.8 Å². The molecule has 1 rings (SSSR count). The third-order valence-electron chi connectivity index (χ3n) is 3.63. The Morgan fingerprint density at radius 2 is 1.80 bits per heavy atom. The summed E-state index contributed by atoms with van der Waals surface area (Å²) in [6.07, 6.45) is 2.33. The van der Waals surface area contributed by atoms with Gasteiger partial charge in [0.05, 0.1) is 6.54 Å². The summed E-state index contributed by atoms with van der Waals surface area (Å²) < 4.78 is 0. The molecular formula is C14H28N4O2. The second kappa shape index (κ2) is 8.21. The van der Waals surface area contributed by atoms with Gasteiger partial charge in [-0.05, 0) is 19.8 Å². The van der Waals surface area contributed by atoms with E-state index in [0.29, 0.717) is 13.0 Å². The van der Waals surface area contributed by atoms with E-state index in [0.717, 1.165) is 39.0 Å². The van der Waals surface area contributed by atoms with Crippen LogP contribution < -0.4 is 5.73 Å². The minimum absolute atomic E-state index is 0.113. The van der Waals surface area contributed by atoms with Gasteiger partial charge in [-0.2, -0.15) is 0 Å². The van der Waals surface area contributed by atoms with E-state index in [4.69, 9.17) is 5.73 Å². The van der Waals surface area contributed by atoms with Crippen molar-refractivity contribution in [3.8, 4) is 0 Å². The van der Waals surface area contributed by atoms with Crippen molar-refractivity contribution in [2.45, 2.75) is 32.2 Å². The van der Waals surface area contributed by atoms with Crippen LogP contribution in [0.2, 0.25) is 0 Å². The number of nitrogens with two attached hydrogens (primary N) is 1. The van der Waals surface area contributed by atoms with E-state index in [1.54, 1.807) is 19.0 Å². The number of hydrogen-bond acceptors (Lipinski definition) is 4. The van der Waals surface area contributed by atoms with Gasteiger partial charge in [0.1, 0.15) is 0 Å². The van der Waals surface area contributed by atoms with Crippen LogP contribution in [0, 0.1) is 0 Å². The molecule has 1 aliphatic rings. The van der Waals surface area contributed by atoms with Gasteiger partial charge in [-0.3, -0.25) is 14.5 Å². The zero-order chi connectivity index (χ0) is 15.1. The third-order valence-corrected chi connectivity index (χ3v) is 3.63. The van der Waals surface area contributed by atoms with E-state index < -0.39 is 0 Å². The van der Waals surface area contributed by atoms with Crippen molar-refractivity contribution < 1.29 is 9.59 Å². The number of piperazine rings is 1. The standard InChI is InChI=1S/C14H28N4O2/c1-12(15)5-4-6-13(19)18-9-7-17(8-10-18)11-14(20)16(2)3/h12H,4-11,15H2,1-3H3. The van der Waals surface area contributed by atoms with E-state index >= 15 is 0 Å². The van der Waals surface area contributed by atoms with Crippen LogP contribution in [0.25, 0.3) is 0 Å². The van der Waals surface area contributed by atoms with Crippen molar-refractivity contribution >= 4 is 11.8 Å². The summed E-state index contributed by atoms with van der Waals surface area (Å²) in [5.74, 6) is 0.325. The topological polar surface area (TPSA) is 69.9 Å². The SMILES string of the molecule is CC(N)CCCC(=O)N1CCN(CC(=O)N(C)C)CC1. The molecule has 1 saturated heterocycles. The first-order valence-corrected chi connectivity index (χ1v) is 7.36. The minimum atomic E-state index is 0.113. The molecule has 20 heavy (non-hydrogen) atoms. The first-order valence-electron chi connectivity index (χ1n) is 7.36. The molecule has 2 amide bonds. The lowest BCUT2D eigenvalue weighted by atomic mass is 10.1. The Morgan fingerprint density at radius 3 is 2.30 bits per heavy atom. The van der Waals surface area contributed by atoms with Crippen molar-refractivity contribution in [1.82, 2.24) is 14.7 Å². The molecule has 0 spiro atoms. The van der Waals surface area contributed by atoms with Crippen molar-refractivity contribution in [2.75, 3.05) is 46.8 Å². The maximum atomic E-state index is 12.0. The summed E-state index contributed by atoms with van der Waals surface area (Å²) in [4.78, 5) is 29.2. The molecule has 0 aliphatic carbocycles. The molecule has 0 bridgehead atoms. The maximum absolute atomic E-state index is 12.0. The first-order chi connectivity index (χ1) is 9.40. The van der Waals surface area contributed by atoms with Gasteiger partial charge in [0.2, 0.25) is 11.8 Å². The molecule has 1 aliphatic heterocycles. The van der Waals surface area contributed by atoms with Crippen molar-refractivity contribution in [2.24, 2.45) is 5.73 Å². The summed E-state index contributed by atoms with van der Waals surface area (Å²) in [5, 5.41) is 0. The van der Waals surface area contributed by atoms with E-state index in [1.165, 1.54) is 0 Å². The van der Waals surface area contributed by atoms with Gasteiger partial charge < -0.3 is 15.5 Å². The van der Waals surface area contributed by atoms with E-state index in [-0.39, 0.29) is 17.9 Å². The Bertz CT molecular complexity index is 323. The fourth-order valence-electron chi connectivity index (χ4n) is 2.22. The summed E-state index contributed by atoms with van der Waals surface area (Å²) in [6.45, 7) is 5.40.